The molecule has 1 aromatic rings. The van der Waals surface area contributed by atoms with E-state index in [9.17, 15) is 14.9 Å². The van der Waals surface area contributed by atoms with Crippen LogP contribution >= 0.6 is 11.6 Å². The molecular formula is C12H15ClN2O3. The first kappa shape index (κ1) is 14.6. The predicted molar refractivity (Wildman–Crippen MR) is 70.1 cm³/mol. The van der Waals surface area contributed by atoms with Gasteiger partial charge in [-0.2, -0.15) is 0 Å². The molecule has 0 radical (unpaired) electrons. The Labute approximate surface area is 110 Å². The van der Waals surface area contributed by atoms with Crippen molar-refractivity contribution in [3.05, 3.63) is 38.4 Å². The van der Waals surface area contributed by atoms with Gasteiger partial charge in [-0.15, -0.1) is 0 Å². The zero-order valence-corrected chi connectivity index (χ0v) is 11.3. The van der Waals surface area contributed by atoms with Crippen molar-refractivity contribution in [1.82, 2.24) is 4.90 Å². The van der Waals surface area contributed by atoms with Crippen molar-refractivity contribution < 1.29 is 9.72 Å². The average Bonchev–Trinajstić information content (AvgIpc) is 2.30. The maximum atomic E-state index is 11.0. The van der Waals surface area contributed by atoms with Crippen LogP contribution in [0.2, 0.25) is 5.02 Å². The van der Waals surface area contributed by atoms with Crippen molar-refractivity contribution in [1.29, 1.82) is 0 Å². The molecule has 98 valence electrons. The molecule has 1 rings (SSSR count). The second-order valence-corrected chi connectivity index (χ2v) is 4.79. The van der Waals surface area contributed by atoms with E-state index in [2.05, 4.69) is 0 Å². The maximum absolute atomic E-state index is 11.0. The van der Waals surface area contributed by atoms with Crippen LogP contribution in [0, 0.1) is 10.1 Å². The van der Waals surface area contributed by atoms with Crippen molar-refractivity contribution in [2.75, 3.05) is 7.05 Å². The van der Waals surface area contributed by atoms with E-state index in [4.69, 9.17) is 11.6 Å². The largest absolute Gasteiger partial charge is 0.300 e. The summed E-state index contributed by atoms with van der Waals surface area (Å²) < 4.78 is 0. The van der Waals surface area contributed by atoms with Crippen LogP contribution in [-0.2, 0) is 6.54 Å². The Morgan fingerprint density at radius 2 is 2.11 bits per heavy atom. The van der Waals surface area contributed by atoms with Crippen molar-refractivity contribution in [2.24, 2.45) is 0 Å². The van der Waals surface area contributed by atoms with E-state index in [1.54, 1.807) is 0 Å². The van der Waals surface area contributed by atoms with Gasteiger partial charge in [-0.05, 0) is 32.5 Å². The number of benzene rings is 1. The first-order valence-electron chi connectivity index (χ1n) is 5.49. The maximum Gasteiger partial charge on any atom is 0.288 e. The first-order chi connectivity index (χ1) is 8.36. The highest BCUT2D eigenvalue weighted by atomic mass is 35.5. The Hall–Kier alpha value is -1.46. The van der Waals surface area contributed by atoms with Gasteiger partial charge in [0.05, 0.1) is 4.92 Å². The normalized spacial score (nSPS) is 11.0. The van der Waals surface area contributed by atoms with Gasteiger partial charge in [-0.25, -0.2) is 0 Å². The summed E-state index contributed by atoms with van der Waals surface area (Å²) in [7, 11) is 1.89. The third kappa shape index (κ3) is 3.27. The second-order valence-electron chi connectivity index (χ2n) is 4.39. The molecule has 0 unspecified atom stereocenters. The monoisotopic (exact) mass is 270 g/mol. The summed E-state index contributed by atoms with van der Waals surface area (Å²) in [5.41, 5.74) is 0.824. The summed E-state index contributed by atoms with van der Waals surface area (Å²) >= 11 is 5.76. The molecule has 5 nitrogen and oxygen atoms in total. The third-order valence-electron chi connectivity index (χ3n) is 2.83. The molecule has 6 heteroatoms. The Morgan fingerprint density at radius 1 is 1.50 bits per heavy atom. The number of nitro benzene ring substituents is 1. The fourth-order valence-corrected chi connectivity index (χ4v) is 1.70. The standard InChI is InChI=1S/C12H15ClN2O3/c1-8(2)14(3)6-9-5-12(15(17)18)11(13)4-10(9)7-16/h4-5,7-8H,6H2,1-3H3. The van der Waals surface area contributed by atoms with Crippen molar-refractivity contribution >= 4 is 23.6 Å². The molecule has 0 aliphatic rings. The fourth-order valence-electron chi connectivity index (χ4n) is 1.46. The number of halogens is 1. The van der Waals surface area contributed by atoms with Gasteiger partial charge in [0.25, 0.3) is 5.69 Å². The average molecular weight is 271 g/mol. The highest BCUT2D eigenvalue weighted by molar-refractivity contribution is 6.33. The number of hydrogen-bond acceptors (Lipinski definition) is 4. The van der Waals surface area contributed by atoms with E-state index in [0.29, 0.717) is 24.0 Å². The molecule has 0 bridgehead atoms. The number of carbonyl (C=O) groups is 1. The highest BCUT2D eigenvalue weighted by Gasteiger charge is 2.18. The molecule has 0 saturated carbocycles. The van der Waals surface area contributed by atoms with Crippen molar-refractivity contribution in [3.63, 3.8) is 0 Å². The number of rotatable bonds is 5. The first-order valence-corrected chi connectivity index (χ1v) is 5.86. The topological polar surface area (TPSA) is 63.4 Å². The summed E-state index contributed by atoms with van der Waals surface area (Å²) in [5.74, 6) is 0. The van der Waals surface area contributed by atoms with E-state index < -0.39 is 4.92 Å². The molecule has 18 heavy (non-hydrogen) atoms. The lowest BCUT2D eigenvalue weighted by molar-refractivity contribution is -0.384. The van der Waals surface area contributed by atoms with Crippen LogP contribution in [0.4, 0.5) is 5.69 Å². The zero-order valence-electron chi connectivity index (χ0n) is 10.5. The minimum Gasteiger partial charge on any atom is -0.300 e. The Kier molecular flexibility index (Phi) is 4.81. The quantitative estimate of drug-likeness (QED) is 0.469. The van der Waals surface area contributed by atoms with Crippen LogP contribution in [-0.4, -0.2) is 29.2 Å². The van der Waals surface area contributed by atoms with Gasteiger partial charge in [0, 0.05) is 24.2 Å². The summed E-state index contributed by atoms with van der Waals surface area (Å²) in [6, 6.07) is 2.99. The molecule has 0 heterocycles. The minimum atomic E-state index is -0.546. The molecule has 0 atom stereocenters. The second kappa shape index (κ2) is 5.93. The smallest absolute Gasteiger partial charge is 0.288 e. The van der Waals surface area contributed by atoms with Crippen molar-refractivity contribution in [3.8, 4) is 0 Å². The van der Waals surface area contributed by atoms with Gasteiger partial charge in [0.15, 0.2) is 0 Å². The molecule has 0 saturated heterocycles. The number of hydrogen-bond donors (Lipinski definition) is 0. The number of nitro groups is 1. The van der Waals surface area contributed by atoms with Crippen molar-refractivity contribution in [2.45, 2.75) is 26.4 Å². The lowest BCUT2D eigenvalue weighted by Crippen LogP contribution is -2.26. The molecule has 0 aliphatic heterocycles. The molecule has 1 aromatic carbocycles. The number of nitrogens with zero attached hydrogens (tertiary/aromatic N) is 2. The molecule has 0 N–H and O–H groups in total. The van der Waals surface area contributed by atoms with Crippen LogP contribution in [0.5, 0.6) is 0 Å². The fraction of sp³-hybridized carbons (Fsp3) is 0.417. The Bertz CT molecular complexity index is 475. The molecule has 0 aliphatic carbocycles. The number of aldehydes is 1. The summed E-state index contributed by atoms with van der Waals surface area (Å²) in [4.78, 5) is 23.2. The van der Waals surface area contributed by atoms with Crippen LogP contribution in [0.1, 0.15) is 29.8 Å². The lowest BCUT2D eigenvalue weighted by Gasteiger charge is -2.21. The van der Waals surface area contributed by atoms with Gasteiger partial charge in [0.2, 0.25) is 0 Å². The van der Waals surface area contributed by atoms with Gasteiger partial charge in [0.1, 0.15) is 11.3 Å². The molecule has 0 aromatic heterocycles. The molecule has 0 fully saturated rings. The molecular weight excluding hydrogens is 256 g/mol. The van der Waals surface area contributed by atoms with Crippen LogP contribution in [0.25, 0.3) is 0 Å². The van der Waals surface area contributed by atoms with E-state index >= 15 is 0 Å². The van der Waals surface area contributed by atoms with E-state index in [0.717, 1.165) is 0 Å². The van der Waals surface area contributed by atoms with Crippen LogP contribution < -0.4 is 0 Å². The predicted octanol–water partition coefficient (Wildman–Crippen LogP) is 2.90. The minimum absolute atomic E-state index is 0.0157. The highest BCUT2D eigenvalue weighted by Crippen LogP contribution is 2.28. The zero-order chi connectivity index (χ0) is 13.9. The van der Waals surface area contributed by atoms with E-state index in [1.807, 2.05) is 25.8 Å². The summed E-state index contributed by atoms with van der Waals surface area (Å²) in [5, 5.41) is 10.8. The van der Waals surface area contributed by atoms with E-state index in [1.165, 1.54) is 12.1 Å². The van der Waals surface area contributed by atoms with Gasteiger partial charge < -0.3 is 0 Å². The summed E-state index contributed by atoms with van der Waals surface area (Å²) in [6.45, 7) is 4.47. The summed E-state index contributed by atoms with van der Waals surface area (Å²) in [6.07, 6.45) is 0.666. The van der Waals surface area contributed by atoms with E-state index in [-0.39, 0.29) is 16.8 Å². The molecule has 0 amide bonds. The SMILES string of the molecule is CC(C)N(C)Cc1cc([N+](=O)[O-])c(Cl)cc1C=O. The van der Waals surface area contributed by atoms with Gasteiger partial charge in [-0.3, -0.25) is 19.8 Å². The Balaban J connectivity index is 3.20. The van der Waals surface area contributed by atoms with Gasteiger partial charge >= 0.3 is 0 Å². The lowest BCUT2D eigenvalue weighted by atomic mass is 10.1. The number of carbonyl (C=O) groups excluding carboxylic acids is 1. The Morgan fingerprint density at radius 3 is 2.56 bits per heavy atom. The van der Waals surface area contributed by atoms with Gasteiger partial charge in [-0.1, -0.05) is 11.6 Å². The third-order valence-corrected chi connectivity index (χ3v) is 3.14. The molecule has 0 spiro atoms. The van der Waals surface area contributed by atoms with Crippen LogP contribution in [0.3, 0.4) is 0 Å². The van der Waals surface area contributed by atoms with Crippen LogP contribution in [0.15, 0.2) is 12.1 Å².